The SMILES string of the molecule is CCc1nnc2n1CCN(Cc1cc(C)no1)C2. The van der Waals surface area contributed by atoms with Gasteiger partial charge in [0, 0.05) is 25.6 Å². The average molecular weight is 247 g/mol. The molecule has 0 radical (unpaired) electrons. The largest absolute Gasteiger partial charge is 0.360 e. The molecule has 6 nitrogen and oxygen atoms in total. The third kappa shape index (κ3) is 2.03. The van der Waals surface area contributed by atoms with Crippen LogP contribution in [0.4, 0.5) is 0 Å². The van der Waals surface area contributed by atoms with Gasteiger partial charge in [0.2, 0.25) is 0 Å². The number of hydrogen-bond acceptors (Lipinski definition) is 5. The van der Waals surface area contributed by atoms with Crippen LogP contribution in [-0.4, -0.2) is 31.4 Å². The highest BCUT2D eigenvalue weighted by Gasteiger charge is 2.21. The van der Waals surface area contributed by atoms with E-state index in [0.717, 1.165) is 55.7 Å². The Bertz CT molecular complexity index is 544. The minimum atomic E-state index is 0.787. The second-order valence-corrected chi connectivity index (χ2v) is 4.68. The van der Waals surface area contributed by atoms with E-state index in [2.05, 4.69) is 31.7 Å². The number of aromatic nitrogens is 4. The summed E-state index contributed by atoms with van der Waals surface area (Å²) in [6.07, 6.45) is 0.939. The summed E-state index contributed by atoms with van der Waals surface area (Å²) in [6, 6.07) is 1.98. The Balaban J connectivity index is 1.71. The zero-order valence-electron chi connectivity index (χ0n) is 10.8. The molecule has 96 valence electrons. The summed E-state index contributed by atoms with van der Waals surface area (Å²) < 4.78 is 7.47. The van der Waals surface area contributed by atoms with E-state index in [9.17, 15) is 0 Å². The number of hydrogen-bond donors (Lipinski definition) is 0. The molecule has 6 heteroatoms. The maximum absolute atomic E-state index is 5.25. The lowest BCUT2D eigenvalue weighted by atomic mass is 10.3. The summed E-state index contributed by atoms with van der Waals surface area (Å²) in [5, 5.41) is 12.4. The molecular formula is C12H17N5O. The van der Waals surface area contributed by atoms with Crippen molar-refractivity contribution < 1.29 is 4.52 Å². The Kier molecular flexibility index (Phi) is 2.87. The van der Waals surface area contributed by atoms with Gasteiger partial charge in [-0.25, -0.2) is 0 Å². The van der Waals surface area contributed by atoms with Crippen molar-refractivity contribution in [3.05, 3.63) is 29.2 Å². The van der Waals surface area contributed by atoms with Crippen molar-refractivity contribution in [2.24, 2.45) is 0 Å². The topological polar surface area (TPSA) is 60.0 Å². The summed E-state index contributed by atoms with van der Waals surface area (Å²) in [5.74, 6) is 3.05. The summed E-state index contributed by atoms with van der Waals surface area (Å²) >= 11 is 0. The van der Waals surface area contributed by atoms with Crippen LogP contribution in [0.25, 0.3) is 0 Å². The van der Waals surface area contributed by atoms with E-state index in [-0.39, 0.29) is 0 Å². The summed E-state index contributed by atoms with van der Waals surface area (Å²) in [6.45, 7) is 7.62. The molecule has 0 fully saturated rings. The molecular weight excluding hydrogens is 230 g/mol. The molecule has 1 aliphatic heterocycles. The number of aryl methyl sites for hydroxylation is 2. The van der Waals surface area contributed by atoms with E-state index in [4.69, 9.17) is 4.52 Å². The van der Waals surface area contributed by atoms with Crippen LogP contribution in [0.3, 0.4) is 0 Å². The van der Waals surface area contributed by atoms with E-state index in [1.807, 2.05) is 13.0 Å². The summed E-state index contributed by atoms with van der Waals surface area (Å²) in [5.41, 5.74) is 0.929. The molecule has 2 aromatic heterocycles. The molecule has 0 saturated heterocycles. The zero-order chi connectivity index (χ0) is 12.5. The molecule has 0 saturated carbocycles. The van der Waals surface area contributed by atoms with Crippen molar-refractivity contribution >= 4 is 0 Å². The van der Waals surface area contributed by atoms with Crippen molar-refractivity contribution in [1.82, 2.24) is 24.8 Å². The maximum Gasteiger partial charge on any atom is 0.150 e. The molecule has 0 N–H and O–H groups in total. The fraction of sp³-hybridized carbons (Fsp3) is 0.583. The predicted molar refractivity (Wildman–Crippen MR) is 64.8 cm³/mol. The number of fused-ring (bicyclic) bond motifs is 1. The van der Waals surface area contributed by atoms with E-state index in [1.165, 1.54) is 0 Å². The van der Waals surface area contributed by atoms with Crippen LogP contribution in [-0.2, 0) is 26.1 Å². The highest BCUT2D eigenvalue weighted by atomic mass is 16.5. The average Bonchev–Trinajstić information content (AvgIpc) is 2.95. The van der Waals surface area contributed by atoms with Gasteiger partial charge in [0.1, 0.15) is 11.6 Å². The lowest BCUT2D eigenvalue weighted by molar-refractivity contribution is 0.185. The van der Waals surface area contributed by atoms with Gasteiger partial charge in [-0.05, 0) is 6.92 Å². The molecule has 3 heterocycles. The first-order valence-electron chi connectivity index (χ1n) is 6.31. The van der Waals surface area contributed by atoms with Crippen molar-refractivity contribution in [3.63, 3.8) is 0 Å². The Morgan fingerprint density at radius 2 is 2.22 bits per heavy atom. The van der Waals surface area contributed by atoms with E-state index < -0.39 is 0 Å². The summed E-state index contributed by atoms with van der Waals surface area (Å²) in [7, 11) is 0. The van der Waals surface area contributed by atoms with E-state index in [1.54, 1.807) is 0 Å². The molecule has 2 aromatic rings. The monoisotopic (exact) mass is 247 g/mol. The smallest absolute Gasteiger partial charge is 0.150 e. The van der Waals surface area contributed by atoms with Crippen molar-refractivity contribution in [1.29, 1.82) is 0 Å². The minimum absolute atomic E-state index is 0.787. The fourth-order valence-electron chi connectivity index (χ4n) is 2.38. The first-order chi connectivity index (χ1) is 8.76. The molecule has 18 heavy (non-hydrogen) atoms. The molecule has 3 rings (SSSR count). The van der Waals surface area contributed by atoms with Gasteiger partial charge in [-0.1, -0.05) is 12.1 Å². The van der Waals surface area contributed by atoms with Crippen LogP contribution in [0.2, 0.25) is 0 Å². The van der Waals surface area contributed by atoms with Gasteiger partial charge >= 0.3 is 0 Å². The Morgan fingerprint density at radius 3 is 2.94 bits per heavy atom. The fourth-order valence-corrected chi connectivity index (χ4v) is 2.38. The van der Waals surface area contributed by atoms with Gasteiger partial charge in [0.05, 0.1) is 18.8 Å². The third-order valence-corrected chi connectivity index (χ3v) is 3.28. The maximum atomic E-state index is 5.25. The predicted octanol–water partition coefficient (Wildman–Crippen LogP) is 1.15. The molecule has 1 aliphatic rings. The molecule has 0 aromatic carbocycles. The highest BCUT2D eigenvalue weighted by Crippen LogP contribution is 2.15. The van der Waals surface area contributed by atoms with Crippen LogP contribution in [0.5, 0.6) is 0 Å². The summed E-state index contributed by atoms with van der Waals surface area (Å²) in [4.78, 5) is 2.31. The normalized spacial score (nSPS) is 15.9. The van der Waals surface area contributed by atoms with Gasteiger partial charge in [0.15, 0.2) is 5.76 Å². The van der Waals surface area contributed by atoms with Crippen LogP contribution in [0.1, 0.15) is 30.0 Å². The van der Waals surface area contributed by atoms with E-state index >= 15 is 0 Å². The Hall–Kier alpha value is -1.69. The lowest BCUT2D eigenvalue weighted by Crippen LogP contribution is -2.33. The standard InChI is InChI=1S/C12H17N5O/c1-3-11-13-14-12-8-16(4-5-17(11)12)7-10-6-9(2)15-18-10/h6H,3-5,7-8H2,1-2H3. The molecule has 0 bridgehead atoms. The van der Waals surface area contributed by atoms with Crippen LogP contribution < -0.4 is 0 Å². The van der Waals surface area contributed by atoms with Gasteiger partial charge in [-0.15, -0.1) is 10.2 Å². The van der Waals surface area contributed by atoms with Gasteiger partial charge < -0.3 is 9.09 Å². The number of nitrogens with zero attached hydrogens (tertiary/aromatic N) is 5. The number of rotatable bonds is 3. The molecule has 0 aliphatic carbocycles. The van der Waals surface area contributed by atoms with Gasteiger partial charge in [-0.3, -0.25) is 4.90 Å². The molecule has 0 unspecified atom stereocenters. The highest BCUT2D eigenvalue weighted by molar-refractivity contribution is 5.04. The van der Waals surface area contributed by atoms with Crippen LogP contribution in [0, 0.1) is 6.92 Å². The first-order valence-corrected chi connectivity index (χ1v) is 6.31. The third-order valence-electron chi connectivity index (χ3n) is 3.28. The van der Waals surface area contributed by atoms with Gasteiger partial charge in [-0.2, -0.15) is 0 Å². The first kappa shape index (κ1) is 11.4. The van der Waals surface area contributed by atoms with Crippen molar-refractivity contribution in [2.75, 3.05) is 6.54 Å². The van der Waals surface area contributed by atoms with Crippen molar-refractivity contribution in [3.8, 4) is 0 Å². The molecule has 0 atom stereocenters. The van der Waals surface area contributed by atoms with Crippen molar-refractivity contribution in [2.45, 2.75) is 39.9 Å². The molecule has 0 spiro atoms. The lowest BCUT2D eigenvalue weighted by Gasteiger charge is -2.26. The Morgan fingerprint density at radius 1 is 1.33 bits per heavy atom. The van der Waals surface area contributed by atoms with Crippen LogP contribution in [0.15, 0.2) is 10.6 Å². The quantitative estimate of drug-likeness (QED) is 0.814. The minimum Gasteiger partial charge on any atom is -0.360 e. The van der Waals surface area contributed by atoms with E-state index in [0.29, 0.717) is 0 Å². The van der Waals surface area contributed by atoms with Crippen LogP contribution >= 0.6 is 0 Å². The second kappa shape index (κ2) is 4.53. The Labute approximate surface area is 106 Å². The second-order valence-electron chi connectivity index (χ2n) is 4.68. The zero-order valence-corrected chi connectivity index (χ0v) is 10.8. The molecule has 0 amide bonds. The van der Waals surface area contributed by atoms with Gasteiger partial charge in [0.25, 0.3) is 0 Å².